The Morgan fingerprint density at radius 1 is 1.53 bits per heavy atom. The van der Waals surface area contributed by atoms with Crippen LogP contribution in [0.25, 0.3) is 0 Å². The third-order valence-electron chi connectivity index (χ3n) is 3.64. The van der Waals surface area contributed by atoms with Crippen LogP contribution in [0, 0.1) is 11.7 Å². The van der Waals surface area contributed by atoms with Crippen molar-refractivity contribution in [3.8, 4) is 5.75 Å². The van der Waals surface area contributed by atoms with Crippen LogP contribution in [0.4, 0.5) is 4.39 Å². The van der Waals surface area contributed by atoms with Crippen LogP contribution in [0.2, 0.25) is 0 Å². The molecule has 1 aliphatic rings. The molecule has 0 spiro atoms. The lowest BCUT2D eigenvalue weighted by molar-refractivity contribution is 0.0539. The Morgan fingerprint density at radius 3 is 3.00 bits per heavy atom. The Bertz CT molecular complexity index is 405. The average Bonchev–Trinajstić information content (AvgIpc) is 2.45. The zero-order valence-electron chi connectivity index (χ0n) is 11.6. The van der Waals surface area contributed by atoms with Crippen LogP contribution in [-0.4, -0.2) is 26.9 Å². The highest BCUT2D eigenvalue weighted by molar-refractivity contribution is 5.30. The summed E-state index contributed by atoms with van der Waals surface area (Å²) in [6.45, 7) is 4.53. The largest absolute Gasteiger partial charge is 0.497 e. The van der Waals surface area contributed by atoms with E-state index in [-0.39, 0.29) is 11.9 Å². The lowest BCUT2D eigenvalue weighted by Crippen LogP contribution is -2.31. The summed E-state index contributed by atoms with van der Waals surface area (Å²) < 4.78 is 24.4. The van der Waals surface area contributed by atoms with Crippen molar-refractivity contribution in [2.45, 2.75) is 25.8 Å². The van der Waals surface area contributed by atoms with E-state index in [1.807, 2.05) is 6.92 Å². The summed E-state index contributed by atoms with van der Waals surface area (Å²) in [6, 6.07) is 4.99. The molecule has 19 heavy (non-hydrogen) atoms. The first-order chi connectivity index (χ1) is 9.20. The molecule has 1 aromatic rings. The molecule has 106 valence electrons. The van der Waals surface area contributed by atoms with Crippen molar-refractivity contribution in [3.63, 3.8) is 0 Å². The number of hydrogen-bond donors (Lipinski definition) is 1. The Balaban J connectivity index is 1.89. The van der Waals surface area contributed by atoms with E-state index in [1.54, 1.807) is 19.2 Å². The second-order valence-corrected chi connectivity index (χ2v) is 5.10. The monoisotopic (exact) mass is 267 g/mol. The topological polar surface area (TPSA) is 30.5 Å². The molecule has 1 N–H and O–H groups in total. The molecule has 1 saturated heterocycles. The summed E-state index contributed by atoms with van der Waals surface area (Å²) in [5.41, 5.74) is 0.678. The van der Waals surface area contributed by atoms with Crippen LogP contribution in [0.1, 0.15) is 31.4 Å². The van der Waals surface area contributed by atoms with E-state index in [1.165, 1.54) is 12.5 Å². The second kappa shape index (κ2) is 6.87. The number of halogens is 1. The maximum Gasteiger partial charge on any atom is 0.131 e. The number of methoxy groups -OCH3 is 1. The molecule has 1 heterocycles. The van der Waals surface area contributed by atoms with Gasteiger partial charge >= 0.3 is 0 Å². The highest BCUT2D eigenvalue weighted by atomic mass is 19.1. The molecule has 0 saturated carbocycles. The molecule has 0 bridgehead atoms. The smallest absolute Gasteiger partial charge is 0.131 e. The minimum Gasteiger partial charge on any atom is -0.497 e. The van der Waals surface area contributed by atoms with Crippen molar-refractivity contribution in [3.05, 3.63) is 29.6 Å². The van der Waals surface area contributed by atoms with E-state index in [9.17, 15) is 4.39 Å². The van der Waals surface area contributed by atoms with Gasteiger partial charge in [-0.2, -0.15) is 0 Å². The van der Waals surface area contributed by atoms with Crippen LogP contribution in [0.3, 0.4) is 0 Å². The van der Waals surface area contributed by atoms with Gasteiger partial charge in [-0.25, -0.2) is 4.39 Å². The lowest BCUT2D eigenvalue weighted by atomic mass is 10.0. The van der Waals surface area contributed by atoms with Gasteiger partial charge in [0.05, 0.1) is 13.7 Å². The predicted octanol–water partition coefficient (Wildman–Crippen LogP) is 2.91. The second-order valence-electron chi connectivity index (χ2n) is 5.10. The molecule has 2 unspecified atom stereocenters. The summed E-state index contributed by atoms with van der Waals surface area (Å²) in [5.74, 6) is 0.867. The van der Waals surface area contributed by atoms with Crippen LogP contribution in [0.15, 0.2) is 18.2 Å². The van der Waals surface area contributed by atoms with E-state index < -0.39 is 0 Å². The van der Waals surface area contributed by atoms with E-state index in [4.69, 9.17) is 9.47 Å². The minimum absolute atomic E-state index is 0.00664. The van der Waals surface area contributed by atoms with Gasteiger partial charge in [0, 0.05) is 30.8 Å². The highest BCUT2D eigenvalue weighted by Crippen LogP contribution is 2.22. The maximum absolute atomic E-state index is 13.9. The van der Waals surface area contributed by atoms with Crippen molar-refractivity contribution in [1.82, 2.24) is 5.32 Å². The SMILES string of the molecule is COc1ccc(C(C)NCC2CCCOC2)c(F)c1. The van der Waals surface area contributed by atoms with Gasteiger partial charge in [-0.05, 0) is 31.7 Å². The van der Waals surface area contributed by atoms with E-state index in [0.717, 1.165) is 26.2 Å². The zero-order chi connectivity index (χ0) is 13.7. The summed E-state index contributed by atoms with van der Waals surface area (Å²) in [5, 5.41) is 3.39. The number of rotatable bonds is 5. The van der Waals surface area contributed by atoms with Crippen molar-refractivity contribution in [2.75, 3.05) is 26.9 Å². The van der Waals surface area contributed by atoms with Gasteiger partial charge in [0.15, 0.2) is 0 Å². The summed E-state index contributed by atoms with van der Waals surface area (Å²) in [6.07, 6.45) is 2.31. The van der Waals surface area contributed by atoms with Crippen LogP contribution in [-0.2, 0) is 4.74 Å². The fourth-order valence-corrected chi connectivity index (χ4v) is 2.41. The average molecular weight is 267 g/mol. The Morgan fingerprint density at radius 2 is 2.37 bits per heavy atom. The molecule has 2 atom stereocenters. The molecule has 3 nitrogen and oxygen atoms in total. The Hall–Kier alpha value is -1.13. The Labute approximate surface area is 114 Å². The molecule has 0 radical (unpaired) electrons. The highest BCUT2D eigenvalue weighted by Gasteiger charge is 2.16. The molecular weight excluding hydrogens is 245 g/mol. The van der Waals surface area contributed by atoms with Gasteiger partial charge in [-0.3, -0.25) is 0 Å². The van der Waals surface area contributed by atoms with Crippen LogP contribution < -0.4 is 10.1 Å². The molecule has 4 heteroatoms. The molecule has 0 aromatic heterocycles. The zero-order valence-corrected chi connectivity index (χ0v) is 11.6. The summed E-state index contributed by atoms with van der Waals surface area (Å²) in [4.78, 5) is 0. The molecule has 1 aromatic carbocycles. The third kappa shape index (κ3) is 3.91. The maximum atomic E-state index is 13.9. The van der Waals surface area contributed by atoms with E-state index >= 15 is 0 Å². The summed E-state index contributed by atoms with van der Waals surface area (Å²) >= 11 is 0. The fraction of sp³-hybridized carbons (Fsp3) is 0.600. The first-order valence-electron chi connectivity index (χ1n) is 6.85. The molecular formula is C15H22FNO2. The molecule has 0 amide bonds. The van der Waals surface area contributed by atoms with Gasteiger partial charge < -0.3 is 14.8 Å². The first-order valence-corrected chi connectivity index (χ1v) is 6.85. The fourth-order valence-electron chi connectivity index (χ4n) is 2.41. The van der Waals surface area contributed by atoms with Crippen LogP contribution in [0.5, 0.6) is 5.75 Å². The number of hydrogen-bond acceptors (Lipinski definition) is 3. The lowest BCUT2D eigenvalue weighted by Gasteiger charge is -2.24. The van der Waals surface area contributed by atoms with Crippen LogP contribution >= 0.6 is 0 Å². The van der Waals surface area contributed by atoms with Crippen molar-refractivity contribution < 1.29 is 13.9 Å². The van der Waals surface area contributed by atoms with Gasteiger partial charge in [-0.15, -0.1) is 0 Å². The molecule has 2 rings (SSSR count). The molecule has 1 aliphatic heterocycles. The van der Waals surface area contributed by atoms with E-state index in [2.05, 4.69) is 5.32 Å². The van der Waals surface area contributed by atoms with Gasteiger partial charge in [-0.1, -0.05) is 6.07 Å². The van der Waals surface area contributed by atoms with Crippen molar-refractivity contribution >= 4 is 0 Å². The third-order valence-corrected chi connectivity index (χ3v) is 3.64. The Kier molecular flexibility index (Phi) is 5.16. The van der Waals surface area contributed by atoms with E-state index in [0.29, 0.717) is 17.2 Å². The predicted molar refractivity (Wildman–Crippen MR) is 72.9 cm³/mol. The molecule has 1 fully saturated rings. The van der Waals surface area contributed by atoms with Crippen molar-refractivity contribution in [1.29, 1.82) is 0 Å². The number of benzene rings is 1. The normalized spacial score (nSPS) is 21.1. The summed E-state index contributed by atoms with van der Waals surface area (Å²) in [7, 11) is 1.54. The van der Waals surface area contributed by atoms with Gasteiger partial charge in [0.2, 0.25) is 0 Å². The number of ether oxygens (including phenoxy) is 2. The van der Waals surface area contributed by atoms with Crippen molar-refractivity contribution in [2.24, 2.45) is 5.92 Å². The standard InChI is InChI=1S/C15H22FNO2/c1-11(17-9-12-4-3-7-19-10-12)14-6-5-13(18-2)8-15(14)16/h5-6,8,11-12,17H,3-4,7,9-10H2,1-2H3. The number of nitrogens with one attached hydrogen (secondary N) is 1. The first kappa shape index (κ1) is 14.3. The van der Waals surface area contributed by atoms with Gasteiger partial charge in [0.25, 0.3) is 0 Å². The molecule has 0 aliphatic carbocycles. The quantitative estimate of drug-likeness (QED) is 0.889. The van der Waals surface area contributed by atoms with Gasteiger partial charge in [0.1, 0.15) is 11.6 Å². The minimum atomic E-state index is -0.223.